The average molecular weight is 236 g/mol. The number of carbonyl (C=O) groups is 1. The molecule has 1 heterocycles. The largest absolute Gasteiger partial charge is 0.397 e. The molecule has 0 unspecified atom stereocenters. The van der Waals surface area contributed by atoms with Crippen LogP contribution in [0.3, 0.4) is 0 Å². The first-order valence-corrected chi connectivity index (χ1v) is 5.63. The second-order valence-electron chi connectivity index (χ2n) is 4.91. The van der Waals surface area contributed by atoms with Gasteiger partial charge in [0.15, 0.2) is 0 Å². The van der Waals surface area contributed by atoms with Crippen molar-refractivity contribution < 1.29 is 4.79 Å². The van der Waals surface area contributed by atoms with Crippen LogP contribution in [0, 0.1) is 5.41 Å². The molecule has 0 atom stereocenters. The van der Waals surface area contributed by atoms with E-state index in [9.17, 15) is 4.79 Å². The second-order valence-corrected chi connectivity index (χ2v) is 4.91. The lowest BCUT2D eigenvalue weighted by molar-refractivity contribution is -0.128. The highest BCUT2D eigenvalue weighted by Gasteiger charge is 2.19. The fourth-order valence-corrected chi connectivity index (χ4v) is 1.14. The molecule has 0 aliphatic rings. The van der Waals surface area contributed by atoms with Crippen LogP contribution in [0.4, 0.5) is 11.5 Å². The molecular weight excluding hydrogens is 216 g/mol. The molecule has 94 valence electrons. The van der Waals surface area contributed by atoms with Crippen LogP contribution >= 0.6 is 0 Å². The summed E-state index contributed by atoms with van der Waals surface area (Å²) in [4.78, 5) is 15.6. The molecule has 1 aromatic heterocycles. The first-order chi connectivity index (χ1) is 7.89. The van der Waals surface area contributed by atoms with Crippen LogP contribution in [0.5, 0.6) is 0 Å². The molecule has 0 aliphatic carbocycles. The number of nitrogen functional groups attached to an aromatic ring is 1. The Bertz CT molecular complexity index is 367. The molecule has 17 heavy (non-hydrogen) atoms. The van der Waals surface area contributed by atoms with Crippen molar-refractivity contribution >= 4 is 17.4 Å². The maximum absolute atomic E-state index is 11.5. The van der Waals surface area contributed by atoms with Crippen molar-refractivity contribution in [3.63, 3.8) is 0 Å². The van der Waals surface area contributed by atoms with Crippen molar-refractivity contribution in [1.82, 2.24) is 10.3 Å². The molecular formula is C12H20N4O. The van der Waals surface area contributed by atoms with Gasteiger partial charge in [-0.3, -0.25) is 4.79 Å². The first-order valence-electron chi connectivity index (χ1n) is 5.63. The lowest BCUT2D eigenvalue weighted by Crippen LogP contribution is -2.37. The van der Waals surface area contributed by atoms with Gasteiger partial charge >= 0.3 is 0 Å². The van der Waals surface area contributed by atoms with Crippen LogP contribution in [0.1, 0.15) is 20.8 Å². The Balaban J connectivity index is 2.25. The van der Waals surface area contributed by atoms with Gasteiger partial charge in [-0.1, -0.05) is 20.8 Å². The van der Waals surface area contributed by atoms with Gasteiger partial charge in [0.1, 0.15) is 5.82 Å². The summed E-state index contributed by atoms with van der Waals surface area (Å²) in [6.45, 7) is 6.87. The van der Waals surface area contributed by atoms with Crippen LogP contribution in [-0.2, 0) is 4.79 Å². The fraction of sp³-hybridized carbons (Fsp3) is 0.500. The van der Waals surface area contributed by atoms with Crippen molar-refractivity contribution in [3.05, 3.63) is 18.3 Å². The topological polar surface area (TPSA) is 80.0 Å². The minimum absolute atomic E-state index is 0.0459. The lowest BCUT2D eigenvalue weighted by Gasteiger charge is -2.17. The Hall–Kier alpha value is -1.78. The third-order valence-electron chi connectivity index (χ3n) is 2.18. The quantitative estimate of drug-likeness (QED) is 0.687. The predicted octanol–water partition coefficient (Wildman–Crippen LogP) is 1.24. The van der Waals surface area contributed by atoms with Crippen molar-refractivity contribution in [2.45, 2.75) is 20.8 Å². The number of nitrogens with zero attached hydrogens (tertiary/aromatic N) is 1. The summed E-state index contributed by atoms with van der Waals surface area (Å²) < 4.78 is 0. The Morgan fingerprint density at radius 1 is 1.35 bits per heavy atom. The Morgan fingerprint density at radius 3 is 2.59 bits per heavy atom. The normalized spacial score (nSPS) is 11.0. The van der Waals surface area contributed by atoms with E-state index in [2.05, 4.69) is 15.6 Å². The Morgan fingerprint density at radius 2 is 2.06 bits per heavy atom. The van der Waals surface area contributed by atoms with Crippen LogP contribution in [0.25, 0.3) is 0 Å². The van der Waals surface area contributed by atoms with Crippen LogP contribution in [-0.4, -0.2) is 24.0 Å². The fourth-order valence-electron chi connectivity index (χ4n) is 1.14. The number of pyridine rings is 1. The minimum atomic E-state index is -0.348. The summed E-state index contributed by atoms with van der Waals surface area (Å²) in [6, 6.07) is 3.59. The molecule has 1 rings (SSSR count). The Labute approximate surface area is 102 Å². The van der Waals surface area contributed by atoms with E-state index < -0.39 is 0 Å². The number of hydrogen-bond acceptors (Lipinski definition) is 4. The molecule has 5 nitrogen and oxygen atoms in total. The molecule has 0 spiro atoms. The van der Waals surface area contributed by atoms with E-state index in [-0.39, 0.29) is 11.3 Å². The molecule has 1 amide bonds. The maximum Gasteiger partial charge on any atom is 0.225 e. The second kappa shape index (κ2) is 5.52. The van der Waals surface area contributed by atoms with Crippen molar-refractivity contribution in [2.24, 2.45) is 5.41 Å². The van der Waals surface area contributed by atoms with Crippen LogP contribution in [0.15, 0.2) is 18.3 Å². The van der Waals surface area contributed by atoms with Gasteiger partial charge in [-0.05, 0) is 12.1 Å². The molecule has 0 saturated heterocycles. The standard InChI is InChI=1S/C12H20N4O/c1-12(2,3)11(17)15-7-6-14-10-5-4-9(13)8-16-10/h4-5,8H,6-7,13H2,1-3H3,(H,14,16)(H,15,17). The number of aromatic nitrogens is 1. The summed E-state index contributed by atoms with van der Waals surface area (Å²) >= 11 is 0. The van der Waals surface area contributed by atoms with Gasteiger partial charge < -0.3 is 16.4 Å². The SMILES string of the molecule is CC(C)(C)C(=O)NCCNc1ccc(N)cn1. The molecule has 0 bridgehead atoms. The van der Waals surface area contributed by atoms with E-state index in [0.29, 0.717) is 18.8 Å². The summed E-state index contributed by atoms with van der Waals surface area (Å²) in [5.74, 6) is 0.800. The number of anilines is 2. The lowest BCUT2D eigenvalue weighted by atomic mass is 9.96. The third kappa shape index (κ3) is 4.72. The maximum atomic E-state index is 11.5. The zero-order chi connectivity index (χ0) is 12.9. The van der Waals surface area contributed by atoms with E-state index >= 15 is 0 Å². The van der Waals surface area contributed by atoms with Gasteiger partial charge in [0, 0.05) is 18.5 Å². The monoisotopic (exact) mass is 236 g/mol. The first kappa shape index (κ1) is 13.3. The van der Waals surface area contributed by atoms with E-state index in [0.717, 1.165) is 5.82 Å². The third-order valence-corrected chi connectivity index (χ3v) is 2.18. The number of rotatable bonds is 4. The number of nitrogens with two attached hydrogens (primary N) is 1. The van der Waals surface area contributed by atoms with Gasteiger partial charge in [0.2, 0.25) is 5.91 Å². The van der Waals surface area contributed by atoms with E-state index in [1.165, 1.54) is 0 Å². The summed E-state index contributed by atoms with van der Waals surface area (Å²) in [5.41, 5.74) is 5.81. The highest BCUT2D eigenvalue weighted by molar-refractivity contribution is 5.81. The number of nitrogens with one attached hydrogen (secondary N) is 2. The molecule has 0 saturated carbocycles. The minimum Gasteiger partial charge on any atom is -0.397 e. The van der Waals surface area contributed by atoms with Gasteiger partial charge in [0.05, 0.1) is 11.9 Å². The van der Waals surface area contributed by atoms with Gasteiger partial charge in [-0.25, -0.2) is 4.98 Å². The highest BCUT2D eigenvalue weighted by atomic mass is 16.2. The van der Waals surface area contributed by atoms with Crippen LogP contribution in [0.2, 0.25) is 0 Å². The summed E-state index contributed by atoms with van der Waals surface area (Å²) in [7, 11) is 0. The van der Waals surface area contributed by atoms with E-state index in [4.69, 9.17) is 5.73 Å². The molecule has 0 aromatic carbocycles. The Kier molecular flexibility index (Phi) is 4.31. The summed E-state index contributed by atoms with van der Waals surface area (Å²) in [5, 5.41) is 5.95. The van der Waals surface area contributed by atoms with Crippen LogP contribution < -0.4 is 16.4 Å². The number of hydrogen-bond donors (Lipinski definition) is 3. The zero-order valence-electron chi connectivity index (χ0n) is 10.6. The smallest absolute Gasteiger partial charge is 0.225 e. The molecule has 0 aliphatic heterocycles. The van der Waals surface area contributed by atoms with Gasteiger partial charge in [0.25, 0.3) is 0 Å². The highest BCUT2D eigenvalue weighted by Crippen LogP contribution is 2.12. The van der Waals surface area contributed by atoms with Crippen molar-refractivity contribution in [3.8, 4) is 0 Å². The number of amides is 1. The van der Waals surface area contributed by atoms with Crippen molar-refractivity contribution in [1.29, 1.82) is 0 Å². The summed E-state index contributed by atoms with van der Waals surface area (Å²) in [6.07, 6.45) is 1.59. The number of carbonyl (C=O) groups excluding carboxylic acids is 1. The predicted molar refractivity (Wildman–Crippen MR) is 69.6 cm³/mol. The van der Waals surface area contributed by atoms with Gasteiger partial charge in [-0.2, -0.15) is 0 Å². The average Bonchev–Trinajstić information content (AvgIpc) is 2.25. The molecule has 4 N–H and O–H groups in total. The van der Waals surface area contributed by atoms with Gasteiger partial charge in [-0.15, -0.1) is 0 Å². The molecule has 1 aromatic rings. The van der Waals surface area contributed by atoms with Crippen molar-refractivity contribution in [2.75, 3.05) is 24.1 Å². The molecule has 0 radical (unpaired) electrons. The molecule has 5 heteroatoms. The molecule has 0 fully saturated rings. The van der Waals surface area contributed by atoms with E-state index in [1.54, 1.807) is 18.3 Å². The zero-order valence-corrected chi connectivity index (χ0v) is 10.6. The van der Waals surface area contributed by atoms with E-state index in [1.807, 2.05) is 20.8 Å².